The Bertz CT molecular complexity index is 466. The third kappa shape index (κ3) is 5.94. The molecule has 0 aromatic heterocycles. The summed E-state index contributed by atoms with van der Waals surface area (Å²) in [5.41, 5.74) is 7.64. The second-order valence-corrected chi connectivity index (χ2v) is 6.46. The van der Waals surface area contributed by atoms with Crippen LogP contribution in [-0.4, -0.2) is 26.9 Å². The van der Waals surface area contributed by atoms with E-state index in [9.17, 15) is 0 Å². The van der Waals surface area contributed by atoms with Crippen molar-refractivity contribution in [3.63, 3.8) is 0 Å². The van der Waals surface area contributed by atoms with E-state index in [0.717, 1.165) is 11.1 Å². The molecule has 110 valence electrons. The van der Waals surface area contributed by atoms with Gasteiger partial charge in [-0.2, -0.15) is 0 Å². The molecular formula is C12H17N3OS4. The predicted octanol–water partition coefficient (Wildman–Crippen LogP) is 1.33. The van der Waals surface area contributed by atoms with Crippen LogP contribution in [0.25, 0.3) is 0 Å². The van der Waals surface area contributed by atoms with Gasteiger partial charge < -0.3 is 21.5 Å². The minimum atomic E-state index is -0.371. The number of thiol groups is 2. The zero-order valence-corrected chi connectivity index (χ0v) is 14.0. The first-order valence-corrected chi connectivity index (χ1v) is 7.57. The fraction of sp³-hybridized carbons (Fsp3) is 0.333. The lowest BCUT2D eigenvalue weighted by Gasteiger charge is -2.20. The minimum absolute atomic E-state index is 0.0792. The van der Waals surface area contributed by atoms with Crippen molar-refractivity contribution in [2.75, 3.05) is 13.2 Å². The predicted molar refractivity (Wildman–Crippen MR) is 97.5 cm³/mol. The first-order valence-electron chi connectivity index (χ1n) is 5.86. The molecule has 0 aliphatic carbocycles. The lowest BCUT2D eigenvalue weighted by molar-refractivity contribution is 0.268. The highest BCUT2D eigenvalue weighted by Crippen LogP contribution is 2.17. The average molecular weight is 348 g/mol. The molecule has 0 aliphatic rings. The molecule has 0 fully saturated rings. The second kappa shape index (κ2) is 8.81. The Morgan fingerprint density at radius 2 is 1.70 bits per heavy atom. The summed E-state index contributed by atoms with van der Waals surface area (Å²) in [7, 11) is 0. The van der Waals surface area contributed by atoms with E-state index in [1.165, 1.54) is 0 Å². The van der Waals surface area contributed by atoms with Gasteiger partial charge in [-0.3, -0.25) is 0 Å². The zero-order valence-electron chi connectivity index (χ0n) is 10.6. The molecule has 5 N–H and O–H groups in total. The van der Waals surface area contributed by atoms with Crippen molar-refractivity contribution in [3.8, 4) is 0 Å². The number of rotatable bonds is 6. The van der Waals surface area contributed by atoms with Crippen molar-refractivity contribution in [1.82, 2.24) is 10.6 Å². The van der Waals surface area contributed by atoms with Crippen molar-refractivity contribution in [1.29, 1.82) is 0 Å². The Morgan fingerprint density at radius 3 is 2.15 bits per heavy atom. The fourth-order valence-electron chi connectivity index (χ4n) is 1.67. The molecule has 2 atom stereocenters. The quantitative estimate of drug-likeness (QED) is 0.345. The van der Waals surface area contributed by atoms with Crippen LogP contribution in [0, 0.1) is 0 Å². The summed E-state index contributed by atoms with van der Waals surface area (Å²) in [5, 5.41) is 15.1. The third-order valence-electron chi connectivity index (χ3n) is 2.72. The number of nitrogens with one attached hydrogen (secondary N) is 2. The first kappa shape index (κ1) is 17.7. The number of aliphatic hydroxyl groups is 1. The Kier molecular flexibility index (Phi) is 7.78. The topological polar surface area (TPSA) is 70.3 Å². The maximum Gasteiger partial charge on any atom is 0.131 e. The Morgan fingerprint density at radius 1 is 1.15 bits per heavy atom. The van der Waals surface area contributed by atoms with Gasteiger partial charge in [-0.15, -0.1) is 25.3 Å². The monoisotopic (exact) mass is 347 g/mol. The van der Waals surface area contributed by atoms with Crippen molar-refractivity contribution in [2.24, 2.45) is 5.73 Å². The van der Waals surface area contributed by atoms with E-state index in [1.807, 2.05) is 24.3 Å². The van der Waals surface area contributed by atoms with Gasteiger partial charge in [0.1, 0.15) is 8.64 Å². The molecule has 0 bridgehead atoms. The van der Waals surface area contributed by atoms with Crippen molar-refractivity contribution < 1.29 is 5.11 Å². The van der Waals surface area contributed by atoms with Gasteiger partial charge in [-0.25, -0.2) is 0 Å². The summed E-state index contributed by atoms with van der Waals surface area (Å²) in [6, 6.07) is 7.17. The Labute approximate surface area is 140 Å². The summed E-state index contributed by atoms with van der Waals surface area (Å²) in [6.45, 7) is 0.450. The van der Waals surface area contributed by atoms with Crippen LogP contribution in [0.2, 0.25) is 0 Å². The first-order chi connectivity index (χ1) is 9.43. The molecule has 0 radical (unpaired) electrons. The van der Waals surface area contributed by atoms with Gasteiger partial charge in [0.05, 0.1) is 18.7 Å². The lowest BCUT2D eigenvalue weighted by atomic mass is 10.0. The molecule has 0 amide bonds. The van der Waals surface area contributed by atoms with Gasteiger partial charge in [0, 0.05) is 6.54 Å². The maximum absolute atomic E-state index is 9.03. The molecule has 0 heterocycles. The second-order valence-electron chi connectivity index (χ2n) is 4.14. The molecule has 1 unspecified atom stereocenters. The molecule has 8 heteroatoms. The summed E-state index contributed by atoms with van der Waals surface area (Å²) >= 11 is 18.0. The van der Waals surface area contributed by atoms with E-state index >= 15 is 0 Å². The third-order valence-corrected chi connectivity index (χ3v) is 3.27. The van der Waals surface area contributed by atoms with Gasteiger partial charge in [0.15, 0.2) is 0 Å². The lowest BCUT2D eigenvalue weighted by Crippen LogP contribution is -2.34. The largest absolute Gasteiger partial charge is 0.394 e. The molecule has 0 spiro atoms. The average Bonchev–Trinajstić information content (AvgIpc) is 2.42. The Balaban J connectivity index is 2.84. The summed E-state index contributed by atoms with van der Waals surface area (Å²) in [4.78, 5) is 0. The van der Waals surface area contributed by atoms with Gasteiger partial charge in [0.25, 0.3) is 0 Å². The molecule has 0 saturated carbocycles. The molecular weight excluding hydrogens is 330 g/mol. The molecule has 1 aromatic carbocycles. The number of hydrogen-bond donors (Lipinski definition) is 6. The van der Waals surface area contributed by atoms with Crippen LogP contribution < -0.4 is 16.4 Å². The summed E-state index contributed by atoms with van der Waals surface area (Å²) in [6.07, 6.45) is 0. The number of hydrogen-bond acceptors (Lipinski definition) is 4. The van der Waals surface area contributed by atoms with Crippen LogP contribution in [0.1, 0.15) is 23.2 Å². The van der Waals surface area contributed by atoms with Crippen molar-refractivity contribution in [3.05, 3.63) is 35.4 Å². The van der Waals surface area contributed by atoms with E-state index < -0.39 is 0 Å². The van der Waals surface area contributed by atoms with E-state index in [2.05, 4.69) is 35.9 Å². The van der Waals surface area contributed by atoms with Crippen LogP contribution in [0.3, 0.4) is 0 Å². The van der Waals surface area contributed by atoms with Crippen LogP contribution >= 0.6 is 49.7 Å². The standard InChI is InChI=1S/C12H17N3OS4/c13-9(6-16)7-1-3-8(4-2-7)10(15-12(19)20)5-14-11(17)18/h1-4,9-10,16H,5-6,13H2,(H2,14,17,18)(H2,15,19,20)/t9-,10?/m0/s1. The highest BCUT2D eigenvalue weighted by atomic mass is 32.1. The summed E-state index contributed by atoms with van der Waals surface area (Å²) in [5.74, 6) is 0. The molecule has 1 aromatic rings. The van der Waals surface area contributed by atoms with E-state index in [1.54, 1.807) is 0 Å². The molecule has 0 saturated heterocycles. The Hall–Kier alpha value is -0.380. The normalized spacial score (nSPS) is 13.4. The number of thiocarbonyl (C=S) groups is 2. The molecule has 20 heavy (non-hydrogen) atoms. The van der Waals surface area contributed by atoms with Gasteiger partial charge in [-0.1, -0.05) is 48.7 Å². The van der Waals surface area contributed by atoms with Crippen LogP contribution in [0.5, 0.6) is 0 Å². The van der Waals surface area contributed by atoms with Crippen LogP contribution in [0.15, 0.2) is 24.3 Å². The molecule has 1 rings (SSSR count). The van der Waals surface area contributed by atoms with Gasteiger partial charge in [0.2, 0.25) is 0 Å². The summed E-state index contributed by atoms with van der Waals surface area (Å²) < 4.78 is 0.818. The highest BCUT2D eigenvalue weighted by molar-refractivity contribution is 8.11. The van der Waals surface area contributed by atoms with Crippen LogP contribution in [0.4, 0.5) is 0 Å². The molecule has 4 nitrogen and oxygen atoms in total. The van der Waals surface area contributed by atoms with Gasteiger partial charge >= 0.3 is 0 Å². The van der Waals surface area contributed by atoms with Crippen molar-refractivity contribution >= 4 is 58.3 Å². The minimum Gasteiger partial charge on any atom is -0.394 e. The number of nitrogens with two attached hydrogens (primary N) is 1. The number of aliphatic hydroxyl groups excluding tert-OH is 1. The van der Waals surface area contributed by atoms with Crippen LogP contribution in [-0.2, 0) is 0 Å². The fourth-order valence-corrected chi connectivity index (χ4v) is 2.14. The van der Waals surface area contributed by atoms with E-state index in [0.29, 0.717) is 15.2 Å². The van der Waals surface area contributed by atoms with Gasteiger partial charge in [-0.05, 0) is 11.1 Å². The highest BCUT2D eigenvalue weighted by Gasteiger charge is 2.13. The maximum atomic E-state index is 9.03. The smallest absolute Gasteiger partial charge is 0.131 e. The van der Waals surface area contributed by atoms with E-state index in [4.69, 9.17) is 35.3 Å². The van der Waals surface area contributed by atoms with E-state index in [-0.39, 0.29) is 18.7 Å². The number of benzene rings is 1. The molecule has 0 aliphatic heterocycles. The SMILES string of the molecule is N[C@@H](CO)c1ccc(C(CNC(=S)S)NC(=S)S)cc1. The van der Waals surface area contributed by atoms with Crippen molar-refractivity contribution in [2.45, 2.75) is 12.1 Å². The zero-order chi connectivity index (χ0) is 15.1.